The van der Waals surface area contributed by atoms with Gasteiger partial charge in [0.2, 0.25) is 5.89 Å². The summed E-state index contributed by atoms with van der Waals surface area (Å²) in [6, 6.07) is 0. The van der Waals surface area contributed by atoms with Crippen LogP contribution in [0.1, 0.15) is 63.1 Å². The molecule has 0 unspecified atom stereocenters. The Morgan fingerprint density at radius 3 is 2.48 bits per heavy atom. The maximum absolute atomic E-state index is 12.0. The van der Waals surface area contributed by atoms with Gasteiger partial charge in [-0.2, -0.15) is 4.98 Å². The first-order valence-electron chi connectivity index (χ1n) is 8.07. The molecule has 4 saturated carbocycles. The molecule has 1 aromatic rings. The lowest BCUT2D eigenvalue weighted by Crippen LogP contribution is -2.48. The predicted octanol–water partition coefficient (Wildman–Crippen LogP) is 2.79. The highest BCUT2D eigenvalue weighted by atomic mass is 16.5. The van der Waals surface area contributed by atoms with Gasteiger partial charge < -0.3 is 9.26 Å². The highest BCUT2D eigenvalue weighted by molar-refractivity contribution is 5.77. The van der Waals surface area contributed by atoms with Crippen molar-refractivity contribution in [1.82, 2.24) is 10.1 Å². The number of fused-ring (bicyclic) bond motifs is 3. The Balaban J connectivity index is 1.52. The van der Waals surface area contributed by atoms with E-state index in [0.29, 0.717) is 0 Å². The number of hydrogen-bond donors (Lipinski definition) is 0. The molecule has 2 bridgehead atoms. The van der Waals surface area contributed by atoms with Gasteiger partial charge in [-0.3, -0.25) is 4.79 Å². The monoisotopic (exact) mass is 290 g/mol. The molecule has 0 spiro atoms. The first kappa shape index (κ1) is 13.3. The fourth-order valence-corrected chi connectivity index (χ4v) is 4.16. The lowest BCUT2D eigenvalue weighted by atomic mass is 9.53. The quantitative estimate of drug-likeness (QED) is 0.798. The van der Waals surface area contributed by atoms with Crippen molar-refractivity contribution in [2.24, 2.45) is 11.3 Å². The molecule has 0 aliphatic heterocycles. The summed E-state index contributed by atoms with van der Waals surface area (Å²) in [5.41, 5.74) is -0.224. The van der Waals surface area contributed by atoms with Crippen molar-refractivity contribution in [3.63, 3.8) is 0 Å². The second kappa shape index (κ2) is 4.55. The number of carbonyl (C=O) groups is 1. The number of rotatable bonds is 4. The molecule has 0 radical (unpaired) electrons. The topological polar surface area (TPSA) is 65.2 Å². The Labute approximate surface area is 124 Å². The summed E-state index contributed by atoms with van der Waals surface area (Å²) in [6.45, 7) is 0. The molecular weight excluding hydrogens is 268 g/mol. The molecule has 0 amide bonds. The molecule has 4 aliphatic carbocycles. The van der Waals surface area contributed by atoms with Crippen molar-refractivity contribution >= 4 is 5.97 Å². The molecule has 0 N–H and O–H groups in total. The van der Waals surface area contributed by atoms with Crippen LogP contribution in [-0.2, 0) is 21.4 Å². The van der Waals surface area contributed by atoms with E-state index in [0.717, 1.165) is 62.6 Å². The highest BCUT2D eigenvalue weighted by Gasteiger charge is 2.55. The van der Waals surface area contributed by atoms with Crippen molar-refractivity contribution in [3.05, 3.63) is 11.7 Å². The van der Waals surface area contributed by atoms with Crippen molar-refractivity contribution in [2.75, 3.05) is 7.11 Å². The SMILES string of the molecule is COC(=O)C12CCC(c3nc(CC4CC4)no3)(CC1)CC2. The van der Waals surface area contributed by atoms with Crippen LogP contribution >= 0.6 is 0 Å². The summed E-state index contributed by atoms with van der Waals surface area (Å²) >= 11 is 0. The van der Waals surface area contributed by atoms with E-state index < -0.39 is 0 Å². The van der Waals surface area contributed by atoms with Crippen LogP contribution in [0.2, 0.25) is 0 Å². The van der Waals surface area contributed by atoms with Gasteiger partial charge in [-0.1, -0.05) is 5.16 Å². The molecule has 21 heavy (non-hydrogen) atoms. The zero-order valence-corrected chi connectivity index (χ0v) is 12.6. The van der Waals surface area contributed by atoms with E-state index >= 15 is 0 Å². The van der Waals surface area contributed by atoms with Crippen molar-refractivity contribution in [2.45, 2.75) is 63.2 Å². The van der Waals surface area contributed by atoms with E-state index in [9.17, 15) is 4.79 Å². The average molecular weight is 290 g/mol. The van der Waals surface area contributed by atoms with Crippen LogP contribution in [0.4, 0.5) is 0 Å². The molecule has 5 nitrogen and oxygen atoms in total. The molecule has 4 aliphatic rings. The fraction of sp³-hybridized carbons (Fsp3) is 0.812. The average Bonchev–Trinajstić information content (AvgIpc) is 3.22. The van der Waals surface area contributed by atoms with E-state index in [4.69, 9.17) is 9.26 Å². The van der Waals surface area contributed by atoms with Gasteiger partial charge in [-0.25, -0.2) is 0 Å². The van der Waals surface area contributed by atoms with Crippen LogP contribution in [0.5, 0.6) is 0 Å². The molecule has 114 valence electrons. The van der Waals surface area contributed by atoms with Gasteiger partial charge in [0.25, 0.3) is 0 Å². The predicted molar refractivity (Wildman–Crippen MR) is 74.6 cm³/mol. The summed E-state index contributed by atoms with van der Waals surface area (Å²) in [7, 11) is 1.50. The first-order valence-corrected chi connectivity index (χ1v) is 8.07. The number of ether oxygens (including phenoxy) is 1. The molecule has 5 heteroatoms. The molecular formula is C16H22N2O3. The largest absolute Gasteiger partial charge is 0.469 e. The Hall–Kier alpha value is -1.39. The number of carbonyl (C=O) groups excluding carboxylic acids is 1. The second-order valence-electron chi connectivity index (χ2n) is 7.22. The number of aromatic nitrogens is 2. The molecule has 4 fully saturated rings. The lowest BCUT2D eigenvalue weighted by molar-refractivity contribution is -0.160. The van der Waals surface area contributed by atoms with Crippen LogP contribution in [0.15, 0.2) is 4.52 Å². The summed E-state index contributed by atoms with van der Waals surface area (Å²) in [5.74, 6) is 2.43. The van der Waals surface area contributed by atoms with E-state index in [1.165, 1.54) is 20.0 Å². The summed E-state index contributed by atoms with van der Waals surface area (Å²) in [6.07, 6.45) is 9.13. The van der Waals surface area contributed by atoms with Gasteiger partial charge in [-0.05, 0) is 57.3 Å². The third kappa shape index (κ3) is 2.09. The van der Waals surface area contributed by atoms with E-state index in [1.807, 2.05) is 0 Å². The van der Waals surface area contributed by atoms with Crippen LogP contribution in [0, 0.1) is 11.3 Å². The van der Waals surface area contributed by atoms with Crippen molar-refractivity contribution in [3.8, 4) is 0 Å². The number of nitrogens with zero attached hydrogens (tertiary/aromatic N) is 2. The number of methoxy groups -OCH3 is 1. The van der Waals surface area contributed by atoms with Gasteiger partial charge >= 0.3 is 5.97 Å². The Kier molecular flexibility index (Phi) is 2.88. The van der Waals surface area contributed by atoms with Crippen LogP contribution in [-0.4, -0.2) is 23.2 Å². The molecule has 5 rings (SSSR count). The zero-order chi connectivity index (χ0) is 14.5. The van der Waals surface area contributed by atoms with Gasteiger partial charge in [0.15, 0.2) is 5.82 Å². The second-order valence-corrected chi connectivity index (χ2v) is 7.22. The first-order chi connectivity index (χ1) is 10.2. The maximum atomic E-state index is 12.0. The zero-order valence-electron chi connectivity index (χ0n) is 12.6. The summed E-state index contributed by atoms with van der Waals surface area (Å²) < 4.78 is 10.6. The van der Waals surface area contributed by atoms with Gasteiger partial charge in [-0.15, -0.1) is 0 Å². The minimum absolute atomic E-state index is 0.0184. The molecule has 0 saturated heterocycles. The normalized spacial score (nSPS) is 34.9. The minimum Gasteiger partial charge on any atom is -0.469 e. The van der Waals surface area contributed by atoms with Gasteiger partial charge in [0.1, 0.15) is 0 Å². The van der Waals surface area contributed by atoms with Crippen molar-refractivity contribution < 1.29 is 14.1 Å². The number of hydrogen-bond acceptors (Lipinski definition) is 5. The fourth-order valence-electron chi connectivity index (χ4n) is 4.16. The number of esters is 1. The Bertz CT molecular complexity index is 537. The summed E-state index contributed by atoms with van der Waals surface area (Å²) in [5, 5.41) is 4.17. The van der Waals surface area contributed by atoms with E-state index in [2.05, 4.69) is 10.1 Å². The van der Waals surface area contributed by atoms with E-state index in [1.54, 1.807) is 0 Å². The molecule has 0 atom stereocenters. The Morgan fingerprint density at radius 1 is 1.24 bits per heavy atom. The standard InChI is InChI=1S/C16H22N2O3/c1-20-14(19)16-7-4-15(5-8-16,6-9-16)13-17-12(18-21-13)10-11-2-3-11/h11H,2-10H2,1H3. The molecule has 1 heterocycles. The third-order valence-corrected chi connectivity index (χ3v) is 5.95. The van der Waals surface area contributed by atoms with Crippen molar-refractivity contribution in [1.29, 1.82) is 0 Å². The van der Waals surface area contributed by atoms with Gasteiger partial charge in [0, 0.05) is 11.8 Å². The van der Waals surface area contributed by atoms with Gasteiger partial charge in [0.05, 0.1) is 12.5 Å². The Morgan fingerprint density at radius 2 is 1.90 bits per heavy atom. The van der Waals surface area contributed by atoms with Crippen LogP contribution in [0.3, 0.4) is 0 Å². The third-order valence-electron chi connectivity index (χ3n) is 5.95. The lowest BCUT2D eigenvalue weighted by Gasteiger charge is -2.49. The highest BCUT2D eigenvalue weighted by Crippen LogP contribution is 2.57. The minimum atomic E-state index is -0.243. The molecule has 1 aromatic heterocycles. The maximum Gasteiger partial charge on any atom is 0.311 e. The smallest absolute Gasteiger partial charge is 0.311 e. The summed E-state index contributed by atoms with van der Waals surface area (Å²) in [4.78, 5) is 16.7. The molecule has 0 aromatic carbocycles. The van der Waals surface area contributed by atoms with Crippen LogP contribution < -0.4 is 0 Å². The van der Waals surface area contributed by atoms with E-state index in [-0.39, 0.29) is 16.8 Å². The van der Waals surface area contributed by atoms with Crippen LogP contribution in [0.25, 0.3) is 0 Å².